The summed E-state index contributed by atoms with van der Waals surface area (Å²) in [6.45, 7) is 5.47. The molecule has 1 atom stereocenters. The van der Waals surface area contributed by atoms with Gasteiger partial charge in [-0.3, -0.25) is 14.3 Å². The van der Waals surface area contributed by atoms with Crippen LogP contribution in [0.1, 0.15) is 52.7 Å². The lowest BCUT2D eigenvalue weighted by Gasteiger charge is -2.29. The fourth-order valence-electron chi connectivity index (χ4n) is 4.25. The summed E-state index contributed by atoms with van der Waals surface area (Å²) in [5, 5.41) is 7.25. The Labute approximate surface area is 176 Å². The van der Waals surface area contributed by atoms with Gasteiger partial charge in [0, 0.05) is 49.4 Å². The molecule has 7 heteroatoms. The van der Waals surface area contributed by atoms with Gasteiger partial charge in [0.1, 0.15) is 0 Å². The Morgan fingerprint density at radius 1 is 1.28 bits per heavy atom. The number of nitrogens with one attached hydrogen (secondary N) is 1. The molecule has 29 heavy (non-hydrogen) atoms. The first kappa shape index (κ1) is 20.1. The Kier molecular flexibility index (Phi) is 6.33. The van der Waals surface area contributed by atoms with Gasteiger partial charge < -0.3 is 10.2 Å². The minimum Gasteiger partial charge on any atom is -0.356 e. The number of carbonyl (C=O) groups is 2. The topological polar surface area (TPSA) is 67.2 Å². The van der Waals surface area contributed by atoms with E-state index >= 15 is 0 Å². The highest BCUT2D eigenvalue weighted by Gasteiger charge is 2.29. The number of rotatable bonds is 6. The molecule has 6 nitrogen and oxygen atoms in total. The second kappa shape index (κ2) is 9.11. The molecule has 156 valence electrons. The van der Waals surface area contributed by atoms with Crippen LogP contribution in [-0.4, -0.2) is 46.1 Å². The van der Waals surface area contributed by atoms with Crippen LogP contribution in [0.5, 0.6) is 0 Å². The van der Waals surface area contributed by atoms with E-state index in [-0.39, 0.29) is 17.7 Å². The molecule has 2 aromatic heterocycles. The predicted octanol–water partition coefficient (Wildman–Crippen LogP) is 3.13. The largest absolute Gasteiger partial charge is 0.356 e. The van der Waals surface area contributed by atoms with Crippen molar-refractivity contribution in [2.24, 2.45) is 11.8 Å². The van der Waals surface area contributed by atoms with Crippen LogP contribution in [-0.2, 0) is 24.2 Å². The standard InChI is InChI=1S/C22H30N4O2S/c1-16-6-12-25(13-7-16)22(28)20-15-18-14-17(4-5-19(18)29-20)21(27)23-8-2-10-26-11-3-9-24-26/h3,9,11,15-17H,2,4-8,10,12-14H2,1H3,(H,23,27)/t17-/m0/s1. The third-order valence-electron chi connectivity index (χ3n) is 6.16. The molecule has 3 heterocycles. The first-order chi connectivity index (χ1) is 14.1. The zero-order chi connectivity index (χ0) is 20.2. The first-order valence-corrected chi connectivity index (χ1v) is 11.6. The third-order valence-corrected chi connectivity index (χ3v) is 7.38. The average molecular weight is 415 g/mol. The number of fused-ring (bicyclic) bond motifs is 1. The van der Waals surface area contributed by atoms with Crippen LogP contribution in [0.25, 0.3) is 0 Å². The van der Waals surface area contributed by atoms with Gasteiger partial charge in [0.2, 0.25) is 5.91 Å². The van der Waals surface area contributed by atoms with Crippen LogP contribution < -0.4 is 5.32 Å². The van der Waals surface area contributed by atoms with Gasteiger partial charge >= 0.3 is 0 Å². The van der Waals surface area contributed by atoms with E-state index in [0.29, 0.717) is 6.54 Å². The summed E-state index contributed by atoms with van der Waals surface area (Å²) in [6.07, 6.45) is 9.29. The van der Waals surface area contributed by atoms with Gasteiger partial charge in [-0.1, -0.05) is 6.92 Å². The van der Waals surface area contributed by atoms with Crippen molar-refractivity contribution in [3.8, 4) is 0 Å². The van der Waals surface area contributed by atoms with Crippen molar-refractivity contribution in [3.63, 3.8) is 0 Å². The van der Waals surface area contributed by atoms with Gasteiger partial charge in [0.15, 0.2) is 0 Å². The molecule has 1 saturated heterocycles. The van der Waals surface area contributed by atoms with Crippen LogP contribution in [0.15, 0.2) is 24.5 Å². The van der Waals surface area contributed by atoms with Crippen LogP contribution in [0, 0.1) is 11.8 Å². The van der Waals surface area contributed by atoms with E-state index in [1.807, 2.05) is 21.8 Å². The molecule has 0 aromatic carbocycles. The molecular formula is C22H30N4O2S. The van der Waals surface area contributed by atoms with Crippen molar-refractivity contribution in [3.05, 3.63) is 39.8 Å². The summed E-state index contributed by atoms with van der Waals surface area (Å²) in [6, 6.07) is 3.96. The number of amides is 2. The second-order valence-electron chi connectivity index (χ2n) is 8.39. The van der Waals surface area contributed by atoms with Gasteiger partial charge in [-0.05, 0) is 62.1 Å². The number of hydrogen-bond acceptors (Lipinski definition) is 4. The Morgan fingerprint density at radius 3 is 2.86 bits per heavy atom. The Bertz CT molecular complexity index is 837. The molecule has 2 aliphatic rings. The molecule has 1 aliphatic heterocycles. The van der Waals surface area contributed by atoms with Gasteiger partial charge in [-0.25, -0.2) is 0 Å². The number of hydrogen-bond donors (Lipinski definition) is 1. The highest BCUT2D eigenvalue weighted by molar-refractivity contribution is 7.14. The normalized spacial score (nSPS) is 19.8. The van der Waals surface area contributed by atoms with E-state index < -0.39 is 0 Å². The number of piperidine rings is 1. The summed E-state index contributed by atoms with van der Waals surface area (Å²) in [5.74, 6) is 1.05. The van der Waals surface area contributed by atoms with E-state index in [4.69, 9.17) is 0 Å². The van der Waals surface area contributed by atoms with Gasteiger partial charge in [0.05, 0.1) is 4.88 Å². The molecular weight excluding hydrogens is 384 g/mol. The van der Waals surface area contributed by atoms with Crippen molar-refractivity contribution in [1.82, 2.24) is 20.0 Å². The van der Waals surface area contributed by atoms with Crippen LogP contribution in [0.2, 0.25) is 0 Å². The molecule has 1 aliphatic carbocycles. The Morgan fingerprint density at radius 2 is 2.10 bits per heavy atom. The SMILES string of the molecule is CC1CCN(C(=O)c2cc3c(s2)CC[C@H](C(=O)NCCCn2cccn2)C3)CC1. The van der Waals surface area contributed by atoms with E-state index in [1.54, 1.807) is 17.5 Å². The average Bonchev–Trinajstić information content (AvgIpc) is 3.40. The van der Waals surface area contributed by atoms with Gasteiger partial charge in [-0.2, -0.15) is 5.10 Å². The molecule has 1 N–H and O–H groups in total. The van der Waals surface area contributed by atoms with E-state index in [2.05, 4.69) is 23.4 Å². The summed E-state index contributed by atoms with van der Waals surface area (Å²) < 4.78 is 1.88. The summed E-state index contributed by atoms with van der Waals surface area (Å²) in [5.41, 5.74) is 1.20. The van der Waals surface area contributed by atoms with Crippen molar-refractivity contribution in [2.75, 3.05) is 19.6 Å². The number of carbonyl (C=O) groups excluding carboxylic acids is 2. The van der Waals surface area contributed by atoms with Crippen molar-refractivity contribution in [1.29, 1.82) is 0 Å². The minimum atomic E-state index is 0.0144. The monoisotopic (exact) mass is 414 g/mol. The summed E-state index contributed by atoms with van der Waals surface area (Å²) in [7, 11) is 0. The quantitative estimate of drug-likeness (QED) is 0.739. The number of thiophene rings is 1. The smallest absolute Gasteiger partial charge is 0.263 e. The molecule has 0 bridgehead atoms. The van der Waals surface area contributed by atoms with Gasteiger partial charge in [0.25, 0.3) is 5.91 Å². The summed E-state index contributed by atoms with van der Waals surface area (Å²) in [4.78, 5) is 29.6. The minimum absolute atomic E-state index is 0.0144. The van der Waals surface area contributed by atoms with E-state index in [9.17, 15) is 9.59 Å². The lowest BCUT2D eigenvalue weighted by Crippen LogP contribution is -2.37. The maximum absolute atomic E-state index is 12.9. The van der Waals surface area contributed by atoms with Crippen molar-refractivity contribution in [2.45, 2.75) is 52.0 Å². The molecule has 1 fully saturated rings. The molecule has 2 aromatic rings. The maximum atomic E-state index is 12.9. The molecule has 2 amide bonds. The first-order valence-electron chi connectivity index (χ1n) is 10.8. The van der Waals surface area contributed by atoms with Crippen molar-refractivity contribution >= 4 is 23.2 Å². The second-order valence-corrected chi connectivity index (χ2v) is 9.52. The van der Waals surface area contributed by atoms with Gasteiger partial charge in [-0.15, -0.1) is 11.3 Å². The van der Waals surface area contributed by atoms with Crippen LogP contribution in [0.4, 0.5) is 0 Å². The Hall–Kier alpha value is -2.15. The van der Waals surface area contributed by atoms with Crippen LogP contribution in [0.3, 0.4) is 0 Å². The molecule has 0 saturated carbocycles. The maximum Gasteiger partial charge on any atom is 0.263 e. The zero-order valence-corrected chi connectivity index (χ0v) is 17.9. The third kappa shape index (κ3) is 4.89. The molecule has 0 radical (unpaired) electrons. The van der Waals surface area contributed by atoms with Crippen molar-refractivity contribution < 1.29 is 9.59 Å². The number of nitrogens with zero attached hydrogens (tertiary/aromatic N) is 3. The van der Waals surface area contributed by atoms with E-state index in [0.717, 1.165) is 69.0 Å². The lowest BCUT2D eigenvalue weighted by molar-refractivity contribution is -0.125. The number of aryl methyl sites for hydroxylation is 2. The molecule has 0 unspecified atom stereocenters. The predicted molar refractivity (Wildman–Crippen MR) is 114 cm³/mol. The highest BCUT2D eigenvalue weighted by Crippen LogP contribution is 2.33. The van der Waals surface area contributed by atoms with Crippen LogP contribution >= 0.6 is 11.3 Å². The fourth-order valence-corrected chi connectivity index (χ4v) is 5.43. The lowest BCUT2D eigenvalue weighted by atomic mass is 9.87. The zero-order valence-electron chi connectivity index (χ0n) is 17.1. The fraction of sp³-hybridized carbons (Fsp3) is 0.591. The number of likely N-dealkylation sites (tertiary alicyclic amines) is 1. The van der Waals surface area contributed by atoms with E-state index in [1.165, 1.54) is 10.4 Å². The molecule has 4 rings (SSSR count). The Balaban J connectivity index is 1.28. The summed E-state index contributed by atoms with van der Waals surface area (Å²) >= 11 is 1.64. The number of aromatic nitrogens is 2. The highest BCUT2D eigenvalue weighted by atomic mass is 32.1. The molecule has 0 spiro atoms.